The number of ether oxygens (including phenoxy) is 2. The Morgan fingerprint density at radius 1 is 1.19 bits per heavy atom. The molecule has 86 valence electrons. The van der Waals surface area contributed by atoms with E-state index in [4.69, 9.17) is 26.8 Å². The highest BCUT2D eigenvalue weighted by atomic mass is 35.5. The summed E-state index contributed by atoms with van der Waals surface area (Å²) in [6.45, 7) is 0.419. The molecule has 1 aliphatic carbocycles. The summed E-state index contributed by atoms with van der Waals surface area (Å²) in [5, 5.41) is 0.653. The van der Waals surface area contributed by atoms with Crippen molar-refractivity contribution in [2.75, 3.05) is 0 Å². The zero-order valence-electron chi connectivity index (χ0n) is 8.96. The van der Waals surface area contributed by atoms with Gasteiger partial charge in [-0.25, -0.2) is 0 Å². The topological polar surface area (TPSA) is 44.5 Å². The van der Waals surface area contributed by atoms with Gasteiger partial charge in [0.05, 0.1) is 0 Å². The molecule has 0 aromatic heterocycles. The second-order valence-electron chi connectivity index (χ2n) is 4.42. The van der Waals surface area contributed by atoms with Gasteiger partial charge < -0.3 is 15.2 Å². The molecule has 1 aromatic carbocycles. The van der Waals surface area contributed by atoms with Gasteiger partial charge in [-0.2, -0.15) is 0 Å². The first-order valence-electron chi connectivity index (χ1n) is 5.63. The van der Waals surface area contributed by atoms with Crippen LogP contribution in [0.25, 0.3) is 0 Å². The molecular weight excluding hydrogens is 226 g/mol. The molecule has 0 bridgehead atoms. The number of fused-ring (bicyclic) bond motifs is 1. The van der Waals surface area contributed by atoms with Crippen molar-refractivity contribution in [3.05, 3.63) is 22.7 Å². The normalized spacial score (nSPS) is 20.6. The van der Waals surface area contributed by atoms with Gasteiger partial charge in [-0.3, -0.25) is 0 Å². The number of halogens is 1. The summed E-state index contributed by atoms with van der Waals surface area (Å²) < 4.78 is 11.8. The van der Waals surface area contributed by atoms with Crippen LogP contribution in [0.15, 0.2) is 12.1 Å². The molecule has 0 atom stereocenters. The summed E-state index contributed by atoms with van der Waals surface area (Å²) in [6, 6.07) is 3.71. The molecule has 3 rings (SSSR count). The Kier molecular flexibility index (Phi) is 2.26. The van der Waals surface area contributed by atoms with Crippen LogP contribution in [0.3, 0.4) is 0 Å². The number of benzene rings is 1. The third-order valence-corrected chi connectivity index (χ3v) is 3.64. The lowest BCUT2D eigenvalue weighted by molar-refractivity contribution is -0.0716. The summed E-state index contributed by atoms with van der Waals surface area (Å²) >= 11 is 6.09. The second-order valence-corrected chi connectivity index (χ2v) is 4.82. The van der Waals surface area contributed by atoms with Crippen LogP contribution in [0.4, 0.5) is 0 Å². The minimum absolute atomic E-state index is 0.418. The van der Waals surface area contributed by atoms with Gasteiger partial charge in [0.25, 0.3) is 5.79 Å². The fourth-order valence-corrected chi connectivity index (χ4v) is 2.66. The standard InChI is InChI=1S/C12H14ClNO2/c13-9-6-11-10(5-8(9)7-14)15-12(16-11)3-1-2-4-12/h5-6H,1-4,7,14H2. The SMILES string of the molecule is NCc1cc2c(cc1Cl)OC1(CCCC1)O2. The van der Waals surface area contributed by atoms with Crippen LogP contribution < -0.4 is 15.2 Å². The Hall–Kier alpha value is -0.930. The maximum atomic E-state index is 6.09. The molecule has 2 N–H and O–H groups in total. The molecule has 1 aliphatic heterocycles. The maximum absolute atomic E-state index is 6.09. The second kappa shape index (κ2) is 3.54. The Balaban J connectivity index is 1.97. The molecule has 16 heavy (non-hydrogen) atoms. The predicted octanol–water partition coefficient (Wildman–Crippen LogP) is 2.84. The Morgan fingerprint density at radius 2 is 1.81 bits per heavy atom. The molecule has 2 aliphatic rings. The van der Waals surface area contributed by atoms with Crippen molar-refractivity contribution in [1.29, 1.82) is 0 Å². The van der Waals surface area contributed by atoms with Crippen molar-refractivity contribution >= 4 is 11.6 Å². The molecule has 0 saturated heterocycles. The average molecular weight is 240 g/mol. The van der Waals surface area contributed by atoms with E-state index in [2.05, 4.69) is 0 Å². The van der Waals surface area contributed by atoms with E-state index >= 15 is 0 Å². The molecule has 0 amide bonds. The summed E-state index contributed by atoms with van der Waals surface area (Å²) in [5.74, 6) is 1.12. The van der Waals surface area contributed by atoms with Gasteiger partial charge in [0.1, 0.15) is 0 Å². The third kappa shape index (κ3) is 1.46. The predicted molar refractivity (Wildman–Crippen MR) is 61.8 cm³/mol. The lowest BCUT2D eigenvalue weighted by Crippen LogP contribution is -2.34. The molecule has 1 heterocycles. The van der Waals surface area contributed by atoms with Gasteiger partial charge in [0.15, 0.2) is 11.5 Å². The lowest BCUT2D eigenvalue weighted by Gasteiger charge is -2.21. The van der Waals surface area contributed by atoms with Crippen molar-refractivity contribution in [2.45, 2.75) is 38.0 Å². The minimum Gasteiger partial charge on any atom is -0.448 e. The van der Waals surface area contributed by atoms with Gasteiger partial charge in [0, 0.05) is 30.5 Å². The van der Waals surface area contributed by atoms with Crippen molar-refractivity contribution in [3.8, 4) is 11.5 Å². The summed E-state index contributed by atoms with van der Waals surface area (Å²) in [7, 11) is 0. The lowest BCUT2D eigenvalue weighted by atomic mass is 10.2. The number of nitrogens with two attached hydrogens (primary N) is 1. The highest BCUT2D eigenvalue weighted by Crippen LogP contribution is 2.48. The first-order chi connectivity index (χ1) is 7.72. The van der Waals surface area contributed by atoms with E-state index in [0.717, 1.165) is 42.7 Å². The van der Waals surface area contributed by atoms with Crippen molar-refractivity contribution in [1.82, 2.24) is 0 Å². The van der Waals surface area contributed by atoms with E-state index in [9.17, 15) is 0 Å². The Bertz CT molecular complexity index is 427. The highest BCUT2D eigenvalue weighted by Gasteiger charge is 2.44. The maximum Gasteiger partial charge on any atom is 0.251 e. The zero-order chi connectivity index (χ0) is 11.2. The number of rotatable bonds is 1. The summed E-state index contributed by atoms with van der Waals surface area (Å²) in [5.41, 5.74) is 6.51. The zero-order valence-corrected chi connectivity index (χ0v) is 9.72. The van der Waals surface area contributed by atoms with E-state index in [0.29, 0.717) is 11.6 Å². The van der Waals surface area contributed by atoms with E-state index in [1.807, 2.05) is 12.1 Å². The molecule has 1 spiro atoms. The van der Waals surface area contributed by atoms with Gasteiger partial charge in [-0.1, -0.05) is 11.6 Å². The third-order valence-electron chi connectivity index (χ3n) is 3.29. The van der Waals surface area contributed by atoms with E-state index in [1.54, 1.807) is 0 Å². The van der Waals surface area contributed by atoms with Crippen LogP contribution in [0.2, 0.25) is 5.02 Å². The Morgan fingerprint density at radius 3 is 2.44 bits per heavy atom. The van der Waals surface area contributed by atoms with Gasteiger partial charge in [-0.15, -0.1) is 0 Å². The largest absolute Gasteiger partial charge is 0.448 e. The van der Waals surface area contributed by atoms with Crippen LogP contribution in [-0.4, -0.2) is 5.79 Å². The first kappa shape index (κ1) is 10.2. The van der Waals surface area contributed by atoms with E-state index in [1.165, 1.54) is 0 Å². The fraction of sp³-hybridized carbons (Fsp3) is 0.500. The quantitative estimate of drug-likeness (QED) is 0.820. The van der Waals surface area contributed by atoms with Gasteiger partial charge >= 0.3 is 0 Å². The average Bonchev–Trinajstić information content (AvgIpc) is 2.84. The molecule has 1 aromatic rings. The van der Waals surface area contributed by atoms with Gasteiger partial charge in [0.2, 0.25) is 0 Å². The molecule has 0 radical (unpaired) electrons. The molecule has 3 nitrogen and oxygen atoms in total. The minimum atomic E-state index is -0.418. The van der Waals surface area contributed by atoms with Crippen LogP contribution >= 0.6 is 11.6 Å². The van der Waals surface area contributed by atoms with Gasteiger partial charge in [-0.05, 0) is 24.5 Å². The van der Waals surface area contributed by atoms with Crippen LogP contribution in [0, 0.1) is 0 Å². The van der Waals surface area contributed by atoms with Crippen LogP contribution in [0.1, 0.15) is 31.2 Å². The first-order valence-corrected chi connectivity index (χ1v) is 6.01. The molecule has 1 saturated carbocycles. The smallest absolute Gasteiger partial charge is 0.251 e. The van der Waals surface area contributed by atoms with E-state index in [-0.39, 0.29) is 0 Å². The highest BCUT2D eigenvalue weighted by molar-refractivity contribution is 6.31. The molecule has 1 fully saturated rings. The molecule has 0 unspecified atom stereocenters. The van der Waals surface area contributed by atoms with Crippen LogP contribution in [0.5, 0.6) is 11.5 Å². The number of hydrogen-bond acceptors (Lipinski definition) is 3. The Labute approximate surface area is 99.5 Å². The fourth-order valence-electron chi connectivity index (χ4n) is 2.43. The summed E-state index contributed by atoms with van der Waals surface area (Å²) in [6.07, 6.45) is 4.23. The molecular formula is C12H14ClNO2. The number of hydrogen-bond donors (Lipinski definition) is 1. The molecule has 4 heteroatoms. The monoisotopic (exact) mass is 239 g/mol. The van der Waals surface area contributed by atoms with Crippen LogP contribution in [-0.2, 0) is 6.54 Å². The van der Waals surface area contributed by atoms with E-state index < -0.39 is 5.79 Å². The summed E-state index contributed by atoms with van der Waals surface area (Å²) in [4.78, 5) is 0. The van der Waals surface area contributed by atoms with Crippen molar-refractivity contribution < 1.29 is 9.47 Å². The van der Waals surface area contributed by atoms with Crippen molar-refractivity contribution in [2.24, 2.45) is 5.73 Å². The van der Waals surface area contributed by atoms with Crippen molar-refractivity contribution in [3.63, 3.8) is 0 Å².